The molecule has 33 heavy (non-hydrogen) atoms. The Balaban J connectivity index is 1.24. The van der Waals surface area contributed by atoms with E-state index in [1.165, 1.54) is 18.2 Å². The number of carbonyl (C=O) groups excluding carboxylic acids is 1. The number of pyridine rings is 1. The summed E-state index contributed by atoms with van der Waals surface area (Å²) < 4.78 is 37.3. The van der Waals surface area contributed by atoms with Crippen LogP contribution >= 0.6 is 0 Å². The predicted octanol–water partition coefficient (Wildman–Crippen LogP) is 4.76. The Labute approximate surface area is 188 Å². The first-order chi connectivity index (χ1) is 16.0. The van der Waals surface area contributed by atoms with Crippen molar-refractivity contribution in [2.75, 3.05) is 0 Å². The van der Waals surface area contributed by atoms with Gasteiger partial charge in [0.15, 0.2) is 0 Å². The van der Waals surface area contributed by atoms with Gasteiger partial charge in [-0.2, -0.15) is 4.98 Å². The first-order valence-electron chi connectivity index (χ1n) is 10.2. The molecule has 2 aromatic carbocycles. The van der Waals surface area contributed by atoms with Gasteiger partial charge in [0.1, 0.15) is 17.4 Å². The molecule has 0 radical (unpaired) electrons. The molecule has 1 N–H and O–H groups in total. The number of nitrogens with one attached hydrogen (secondary N) is 1. The molecule has 0 fully saturated rings. The zero-order chi connectivity index (χ0) is 23.2. The molecule has 7 nitrogen and oxygen atoms in total. The first kappa shape index (κ1) is 22.1. The monoisotopic (exact) mass is 450 g/mol. The highest BCUT2D eigenvalue weighted by Crippen LogP contribution is 2.21. The number of nitrogens with zero attached hydrogens (tertiary/aromatic N) is 3. The lowest BCUT2D eigenvalue weighted by Crippen LogP contribution is -2.23. The van der Waals surface area contributed by atoms with E-state index in [2.05, 4.69) is 20.4 Å². The van der Waals surface area contributed by atoms with E-state index in [4.69, 9.17) is 9.26 Å². The average molecular weight is 450 g/mol. The molecule has 168 valence electrons. The molecule has 0 unspecified atom stereocenters. The van der Waals surface area contributed by atoms with Gasteiger partial charge in [0.2, 0.25) is 23.5 Å². The molecule has 2 heterocycles. The summed E-state index contributed by atoms with van der Waals surface area (Å²) in [6, 6.07) is 13.7. The van der Waals surface area contributed by atoms with Gasteiger partial charge in [-0.25, -0.2) is 13.8 Å². The SMILES string of the molecule is Cc1cc(-c2noc(CCC(=O)NCc3ccc(Oc4cccc(F)c4)nc3)n2)ccc1F. The molecule has 0 atom stereocenters. The van der Waals surface area contributed by atoms with Crippen LogP contribution in [-0.2, 0) is 17.8 Å². The molecule has 2 aromatic heterocycles. The molecule has 4 rings (SSSR count). The second-order valence-corrected chi connectivity index (χ2v) is 7.32. The van der Waals surface area contributed by atoms with Crippen LogP contribution in [0.25, 0.3) is 11.4 Å². The van der Waals surface area contributed by atoms with Crippen molar-refractivity contribution >= 4 is 5.91 Å². The molecule has 4 aromatic rings. The smallest absolute Gasteiger partial charge is 0.227 e. The van der Waals surface area contributed by atoms with Gasteiger partial charge < -0.3 is 14.6 Å². The zero-order valence-electron chi connectivity index (χ0n) is 17.7. The summed E-state index contributed by atoms with van der Waals surface area (Å²) in [6.07, 6.45) is 2.01. The van der Waals surface area contributed by atoms with Crippen molar-refractivity contribution in [2.45, 2.75) is 26.3 Å². The summed E-state index contributed by atoms with van der Waals surface area (Å²) in [4.78, 5) is 20.6. The third-order valence-electron chi connectivity index (χ3n) is 4.76. The molecule has 0 saturated heterocycles. The summed E-state index contributed by atoms with van der Waals surface area (Å²) in [5.41, 5.74) is 1.91. The van der Waals surface area contributed by atoms with Crippen molar-refractivity contribution in [1.29, 1.82) is 0 Å². The van der Waals surface area contributed by atoms with Crippen LogP contribution in [0.2, 0.25) is 0 Å². The number of carbonyl (C=O) groups is 1. The maximum atomic E-state index is 13.4. The Morgan fingerprint density at radius 1 is 1.12 bits per heavy atom. The zero-order valence-corrected chi connectivity index (χ0v) is 17.7. The van der Waals surface area contributed by atoms with Gasteiger partial charge in [-0.05, 0) is 48.4 Å². The minimum atomic E-state index is -0.394. The van der Waals surface area contributed by atoms with E-state index >= 15 is 0 Å². The first-order valence-corrected chi connectivity index (χ1v) is 10.2. The number of aryl methyl sites for hydroxylation is 2. The van der Waals surface area contributed by atoms with Crippen molar-refractivity contribution in [3.63, 3.8) is 0 Å². The lowest BCUT2D eigenvalue weighted by atomic mass is 10.1. The molecule has 9 heteroatoms. The van der Waals surface area contributed by atoms with E-state index in [1.54, 1.807) is 49.5 Å². The second kappa shape index (κ2) is 9.99. The molecule has 0 aliphatic heterocycles. The lowest BCUT2D eigenvalue weighted by molar-refractivity contribution is -0.121. The second-order valence-electron chi connectivity index (χ2n) is 7.32. The Morgan fingerprint density at radius 3 is 2.76 bits per heavy atom. The Kier molecular flexibility index (Phi) is 6.68. The number of ether oxygens (including phenoxy) is 1. The quantitative estimate of drug-likeness (QED) is 0.416. The van der Waals surface area contributed by atoms with Gasteiger partial charge >= 0.3 is 0 Å². The van der Waals surface area contributed by atoms with Crippen LogP contribution in [0, 0.1) is 18.6 Å². The Morgan fingerprint density at radius 2 is 2.00 bits per heavy atom. The van der Waals surface area contributed by atoms with E-state index in [0.29, 0.717) is 34.5 Å². The van der Waals surface area contributed by atoms with Crippen LogP contribution < -0.4 is 10.1 Å². The minimum absolute atomic E-state index is 0.165. The number of halogens is 2. The van der Waals surface area contributed by atoms with Crippen molar-refractivity contribution in [3.05, 3.63) is 89.4 Å². The molecular weight excluding hydrogens is 430 g/mol. The van der Waals surface area contributed by atoms with Gasteiger partial charge in [0.05, 0.1) is 0 Å². The van der Waals surface area contributed by atoms with Gasteiger partial charge in [-0.3, -0.25) is 4.79 Å². The summed E-state index contributed by atoms with van der Waals surface area (Å²) in [5.74, 6) is 0.453. The fourth-order valence-corrected chi connectivity index (χ4v) is 2.99. The average Bonchev–Trinajstić information content (AvgIpc) is 3.28. The van der Waals surface area contributed by atoms with Crippen LogP contribution in [-0.4, -0.2) is 21.0 Å². The van der Waals surface area contributed by atoms with Crippen LogP contribution in [0.1, 0.15) is 23.4 Å². The van der Waals surface area contributed by atoms with E-state index < -0.39 is 5.82 Å². The van der Waals surface area contributed by atoms with Crippen LogP contribution in [0.4, 0.5) is 8.78 Å². The standard InChI is InChI=1S/C24H20F2N4O3/c1-15-11-17(6-7-20(15)26)24-29-23(33-30-24)10-8-21(31)27-13-16-5-9-22(28-14-16)32-19-4-2-3-18(25)12-19/h2-7,9,11-12,14H,8,10,13H2,1H3,(H,27,31). The predicted molar refractivity (Wildman–Crippen MR) is 115 cm³/mol. The molecule has 0 aliphatic carbocycles. The minimum Gasteiger partial charge on any atom is -0.439 e. The van der Waals surface area contributed by atoms with Crippen LogP contribution in [0.3, 0.4) is 0 Å². The largest absolute Gasteiger partial charge is 0.439 e. The Hall–Kier alpha value is -4.14. The number of rotatable bonds is 8. The van der Waals surface area contributed by atoms with E-state index in [0.717, 1.165) is 5.56 Å². The maximum absolute atomic E-state index is 13.4. The molecule has 1 amide bonds. The molecule has 0 aliphatic rings. The number of hydrogen-bond donors (Lipinski definition) is 1. The fraction of sp³-hybridized carbons (Fsp3) is 0.167. The topological polar surface area (TPSA) is 90.1 Å². The summed E-state index contributed by atoms with van der Waals surface area (Å²) in [6.45, 7) is 1.95. The summed E-state index contributed by atoms with van der Waals surface area (Å²) >= 11 is 0. The number of benzene rings is 2. The summed E-state index contributed by atoms with van der Waals surface area (Å²) in [5, 5.41) is 6.69. The van der Waals surface area contributed by atoms with Crippen molar-refractivity contribution in [1.82, 2.24) is 20.4 Å². The van der Waals surface area contributed by atoms with Crippen molar-refractivity contribution < 1.29 is 22.8 Å². The highest BCUT2D eigenvalue weighted by molar-refractivity contribution is 5.76. The van der Waals surface area contributed by atoms with E-state index in [9.17, 15) is 13.6 Å². The number of aromatic nitrogens is 3. The number of amides is 1. The third kappa shape index (κ3) is 5.97. The molecule has 0 spiro atoms. The summed E-state index contributed by atoms with van der Waals surface area (Å²) in [7, 11) is 0. The fourth-order valence-electron chi connectivity index (χ4n) is 2.99. The Bertz CT molecular complexity index is 1260. The van der Waals surface area contributed by atoms with E-state index in [1.807, 2.05) is 0 Å². The highest BCUT2D eigenvalue weighted by atomic mass is 19.1. The van der Waals surface area contributed by atoms with Gasteiger partial charge in [0, 0.05) is 43.3 Å². The third-order valence-corrected chi connectivity index (χ3v) is 4.76. The van der Waals surface area contributed by atoms with Crippen LogP contribution in [0.15, 0.2) is 65.3 Å². The molecular formula is C24H20F2N4O3. The number of hydrogen-bond acceptors (Lipinski definition) is 6. The van der Waals surface area contributed by atoms with Gasteiger partial charge in [-0.15, -0.1) is 0 Å². The van der Waals surface area contributed by atoms with Gasteiger partial charge in [0.25, 0.3) is 0 Å². The van der Waals surface area contributed by atoms with Crippen molar-refractivity contribution in [2.24, 2.45) is 0 Å². The molecule has 0 bridgehead atoms. The highest BCUT2D eigenvalue weighted by Gasteiger charge is 2.12. The molecule has 0 saturated carbocycles. The maximum Gasteiger partial charge on any atom is 0.227 e. The van der Waals surface area contributed by atoms with E-state index in [-0.39, 0.29) is 31.1 Å². The normalized spacial score (nSPS) is 10.8. The van der Waals surface area contributed by atoms with Gasteiger partial charge in [-0.1, -0.05) is 17.3 Å². The van der Waals surface area contributed by atoms with Crippen LogP contribution in [0.5, 0.6) is 11.6 Å². The van der Waals surface area contributed by atoms with Crippen molar-refractivity contribution in [3.8, 4) is 23.0 Å². The lowest BCUT2D eigenvalue weighted by Gasteiger charge is -2.07.